The van der Waals surface area contributed by atoms with Gasteiger partial charge in [0.15, 0.2) is 0 Å². The smallest absolute Gasteiger partial charge is 0.0655 e. The Labute approximate surface area is 69.4 Å². The van der Waals surface area contributed by atoms with Gasteiger partial charge in [-0.25, -0.2) is 0 Å². The predicted octanol–water partition coefficient (Wildman–Crippen LogP) is 1.71. The average Bonchev–Trinajstić information content (AvgIpc) is 1.99. The fourth-order valence-electron chi connectivity index (χ4n) is 0.540. The zero-order valence-corrected chi connectivity index (χ0v) is 7.76. The van der Waals surface area contributed by atoms with Crippen LogP contribution in [0.15, 0.2) is 12.2 Å². The summed E-state index contributed by atoms with van der Waals surface area (Å²) in [5, 5.41) is 0. The number of rotatable bonds is 5. The summed E-state index contributed by atoms with van der Waals surface area (Å²) in [6.45, 7) is 7.55. The van der Waals surface area contributed by atoms with Crippen molar-refractivity contribution in [2.24, 2.45) is 5.73 Å². The molecular formula is C9H19NO. The van der Waals surface area contributed by atoms with Gasteiger partial charge in [0.2, 0.25) is 0 Å². The van der Waals surface area contributed by atoms with E-state index in [1.807, 2.05) is 12.2 Å². The lowest BCUT2D eigenvalue weighted by Gasteiger charge is -2.22. The van der Waals surface area contributed by atoms with Gasteiger partial charge in [0, 0.05) is 6.54 Å². The Morgan fingerprint density at radius 3 is 2.45 bits per heavy atom. The van der Waals surface area contributed by atoms with Crippen molar-refractivity contribution in [3.05, 3.63) is 12.2 Å². The van der Waals surface area contributed by atoms with Crippen LogP contribution in [0.2, 0.25) is 0 Å². The average molecular weight is 157 g/mol. The van der Waals surface area contributed by atoms with Crippen LogP contribution in [0.3, 0.4) is 0 Å². The van der Waals surface area contributed by atoms with Crippen LogP contribution in [-0.4, -0.2) is 18.8 Å². The first kappa shape index (κ1) is 10.7. The summed E-state index contributed by atoms with van der Waals surface area (Å²) in [6, 6.07) is 0. The highest BCUT2D eigenvalue weighted by atomic mass is 16.5. The maximum atomic E-state index is 5.54. The maximum Gasteiger partial charge on any atom is 0.0655 e. The molecule has 0 rings (SSSR count). The molecule has 0 atom stereocenters. The molecule has 0 radical (unpaired) electrons. The Bertz CT molecular complexity index is 119. The first-order chi connectivity index (χ1) is 5.12. The minimum atomic E-state index is -0.00105. The first-order valence-electron chi connectivity index (χ1n) is 4.11. The van der Waals surface area contributed by atoms with E-state index in [-0.39, 0.29) is 5.60 Å². The van der Waals surface area contributed by atoms with Crippen molar-refractivity contribution in [2.45, 2.75) is 32.8 Å². The van der Waals surface area contributed by atoms with E-state index >= 15 is 0 Å². The van der Waals surface area contributed by atoms with Crippen molar-refractivity contribution in [3.8, 4) is 0 Å². The van der Waals surface area contributed by atoms with Gasteiger partial charge in [-0.05, 0) is 20.3 Å². The molecule has 11 heavy (non-hydrogen) atoms. The highest BCUT2D eigenvalue weighted by Crippen LogP contribution is 2.12. The molecule has 0 bridgehead atoms. The molecule has 2 nitrogen and oxygen atoms in total. The van der Waals surface area contributed by atoms with Crippen LogP contribution >= 0.6 is 0 Å². The molecule has 0 aromatic carbocycles. The SMILES string of the molecule is CCC(C)(C)OCC=CCN. The van der Waals surface area contributed by atoms with Gasteiger partial charge in [-0.15, -0.1) is 0 Å². The quantitative estimate of drug-likeness (QED) is 0.616. The largest absolute Gasteiger partial charge is 0.372 e. The van der Waals surface area contributed by atoms with Gasteiger partial charge in [-0.2, -0.15) is 0 Å². The Balaban J connectivity index is 3.45. The zero-order valence-electron chi connectivity index (χ0n) is 7.76. The molecule has 66 valence electrons. The molecular weight excluding hydrogens is 138 g/mol. The Morgan fingerprint density at radius 1 is 1.36 bits per heavy atom. The Kier molecular flexibility index (Phi) is 5.16. The second-order valence-electron chi connectivity index (χ2n) is 3.13. The van der Waals surface area contributed by atoms with E-state index in [4.69, 9.17) is 10.5 Å². The Hall–Kier alpha value is -0.340. The number of ether oxygens (including phenoxy) is 1. The van der Waals surface area contributed by atoms with Crippen molar-refractivity contribution < 1.29 is 4.74 Å². The number of hydrogen-bond donors (Lipinski definition) is 1. The molecule has 0 amide bonds. The lowest BCUT2D eigenvalue weighted by molar-refractivity contribution is -0.00351. The van der Waals surface area contributed by atoms with Crippen LogP contribution in [0.4, 0.5) is 0 Å². The molecule has 0 aromatic rings. The van der Waals surface area contributed by atoms with E-state index in [0.29, 0.717) is 13.2 Å². The van der Waals surface area contributed by atoms with Crippen LogP contribution < -0.4 is 5.73 Å². The lowest BCUT2D eigenvalue weighted by Crippen LogP contribution is -2.22. The summed E-state index contributed by atoms with van der Waals surface area (Å²) in [5.41, 5.74) is 5.27. The van der Waals surface area contributed by atoms with Crippen molar-refractivity contribution in [3.63, 3.8) is 0 Å². The summed E-state index contributed by atoms with van der Waals surface area (Å²) < 4.78 is 5.54. The molecule has 0 aliphatic heterocycles. The van der Waals surface area contributed by atoms with Crippen molar-refractivity contribution in [1.29, 1.82) is 0 Å². The van der Waals surface area contributed by atoms with E-state index in [1.165, 1.54) is 0 Å². The summed E-state index contributed by atoms with van der Waals surface area (Å²) in [7, 11) is 0. The fourth-order valence-corrected chi connectivity index (χ4v) is 0.540. The van der Waals surface area contributed by atoms with Gasteiger partial charge in [0.1, 0.15) is 0 Å². The number of hydrogen-bond acceptors (Lipinski definition) is 2. The normalized spacial score (nSPS) is 12.7. The van der Waals surface area contributed by atoms with Crippen molar-refractivity contribution in [1.82, 2.24) is 0 Å². The van der Waals surface area contributed by atoms with E-state index in [2.05, 4.69) is 20.8 Å². The summed E-state index contributed by atoms with van der Waals surface area (Å²) in [5.74, 6) is 0. The molecule has 0 aromatic heterocycles. The lowest BCUT2D eigenvalue weighted by atomic mass is 10.1. The number of nitrogens with two attached hydrogens (primary N) is 1. The molecule has 2 N–H and O–H groups in total. The third-order valence-electron chi connectivity index (χ3n) is 1.72. The molecule has 0 saturated carbocycles. The maximum absolute atomic E-state index is 5.54. The molecule has 0 fully saturated rings. The van der Waals surface area contributed by atoms with Crippen LogP contribution in [0.25, 0.3) is 0 Å². The third-order valence-corrected chi connectivity index (χ3v) is 1.72. The molecule has 0 aliphatic carbocycles. The standard InChI is InChI=1S/C9H19NO/c1-4-9(2,3)11-8-6-5-7-10/h5-6H,4,7-8,10H2,1-3H3. The third kappa shape index (κ3) is 6.07. The zero-order chi connectivity index (χ0) is 8.74. The fraction of sp³-hybridized carbons (Fsp3) is 0.778. The highest BCUT2D eigenvalue weighted by molar-refractivity contribution is 4.83. The van der Waals surface area contributed by atoms with Crippen LogP contribution in [0.1, 0.15) is 27.2 Å². The molecule has 0 heterocycles. The monoisotopic (exact) mass is 157 g/mol. The van der Waals surface area contributed by atoms with Crippen LogP contribution in [0, 0.1) is 0 Å². The van der Waals surface area contributed by atoms with E-state index in [0.717, 1.165) is 6.42 Å². The summed E-state index contributed by atoms with van der Waals surface area (Å²) in [4.78, 5) is 0. The molecule has 0 saturated heterocycles. The van der Waals surface area contributed by atoms with Gasteiger partial charge in [-0.1, -0.05) is 19.1 Å². The summed E-state index contributed by atoms with van der Waals surface area (Å²) in [6.07, 6.45) is 4.90. The molecule has 0 spiro atoms. The predicted molar refractivity (Wildman–Crippen MR) is 48.5 cm³/mol. The van der Waals surface area contributed by atoms with Gasteiger partial charge in [0.25, 0.3) is 0 Å². The minimum absolute atomic E-state index is 0.00105. The van der Waals surface area contributed by atoms with Crippen molar-refractivity contribution >= 4 is 0 Å². The first-order valence-corrected chi connectivity index (χ1v) is 4.11. The van der Waals surface area contributed by atoms with E-state index in [9.17, 15) is 0 Å². The molecule has 0 unspecified atom stereocenters. The molecule has 2 heteroatoms. The van der Waals surface area contributed by atoms with Gasteiger partial charge in [-0.3, -0.25) is 0 Å². The van der Waals surface area contributed by atoms with E-state index in [1.54, 1.807) is 0 Å². The highest BCUT2D eigenvalue weighted by Gasteiger charge is 2.13. The van der Waals surface area contributed by atoms with Gasteiger partial charge >= 0.3 is 0 Å². The van der Waals surface area contributed by atoms with Gasteiger partial charge < -0.3 is 10.5 Å². The van der Waals surface area contributed by atoms with Gasteiger partial charge in [0.05, 0.1) is 12.2 Å². The second kappa shape index (κ2) is 5.33. The summed E-state index contributed by atoms with van der Waals surface area (Å²) >= 11 is 0. The van der Waals surface area contributed by atoms with E-state index < -0.39 is 0 Å². The second-order valence-corrected chi connectivity index (χ2v) is 3.13. The van der Waals surface area contributed by atoms with Crippen molar-refractivity contribution in [2.75, 3.05) is 13.2 Å². The minimum Gasteiger partial charge on any atom is -0.372 e. The van der Waals surface area contributed by atoms with Crippen LogP contribution in [0.5, 0.6) is 0 Å². The topological polar surface area (TPSA) is 35.2 Å². The molecule has 0 aliphatic rings. The van der Waals surface area contributed by atoms with Crippen LogP contribution in [-0.2, 0) is 4.74 Å². The Morgan fingerprint density at radius 2 is 2.00 bits per heavy atom.